The molecule has 0 saturated heterocycles. The average Bonchev–Trinajstić information content (AvgIpc) is 2.52. The molecule has 122 valence electrons. The van der Waals surface area contributed by atoms with Crippen LogP contribution in [0.1, 0.15) is 31.7 Å². The Labute approximate surface area is 147 Å². The summed E-state index contributed by atoms with van der Waals surface area (Å²) in [5.74, 6) is 1.62. The normalized spacial score (nSPS) is 18.0. The van der Waals surface area contributed by atoms with Gasteiger partial charge in [-0.2, -0.15) is 5.26 Å². The van der Waals surface area contributed by atoms with Gasteiger partial charge in [0.1, 0.15) is 11.4 Å². The van der Waals surface area contributed by atoms with Gasteiger partial charge in [-0.25, -0.2) is 0 Å². The van der Waals surface area contributed by atoms with E-state index in [1.807, 2.05) is 21.0 Å². The molecule has 0 spiro atoms. The molecule has 1 unspecified atom stereocenters. The van der Waals surface area contributed by atoms with Crippen molar-refractivity contribution in [3.8, 4) is 6.07 Å². The predicted octanol–water partition coefficient (Wildman–Crippen LogP) is 5.08. The maximum absolute atomic E-state index is 9.43. The summed E-state index contributed by atoms with van der Waals surface area (Å²) in [6, 6.07) is 10.8. The Balaban J connectivity index is 2.23. The number of nitrogens with zero attached hydrogens (tertiary/aromatic N) is 3. The Morgan fingerprint density at radius 1 is 1.30 bits per heavy atom. The van der Waals surface area contributed by atoms with Crippen LogP contribution in [0.15, 0.2) is 39.1 Å². The van der Waals surface area contributed by atoms with Gasteiger partial charge in [0, 0.05) is 25.5 Å². The van der Waals surface area contributed by atoms with Crippen LogP contribution in [0.2, 0.25) is 0 Å². The third kappa shape index (κ3) is 4.55. The quantitative estimate of drug-likeness (QED) is 0.746. The van der Waals surface area contributed by atoms with E-state index in [4.69, 9.17) is 4.99 Å². The number of anilines is 1. The van der Waals surface area contributed by atoms with E-state index in [9.17, 15) is 5.26 Å². The maximum atomic E-state index is 9.43. The van der Waals surface area contributed by atoms with Crippen LogP contribution in [-0.4, -0.2) is 25.6 Å². The first kappa shape index (κ1) is 18.0. The highest BCUT2D eigenvalue weighted by Gasteiger charge is 2.24. The van der Waals surface area contributed by atoms with Crippen molar-refractivity contribution in [1.29, 1.82) is 5.26 Å². The van der Waals surface area contributed by atoms with Gasteiger partial charge in [-0.15, -0.1) is 11.8 Å². The molecular formula is C18H23N3S2. The largest absolute Gasteiger partial charge is 0.378 e. The van der Waals surface area contributed by atoms with E-state index in [0.717, 1.165) is 21.3 Å². The van der Waals surface area contributed by atoms with Crippen LogP contribution in [-0.2, 0) is 0 Å². The minimum absolute atomic E-state index is 0.0398. The SMILES string of the molecule is CC1=NC(c2ccc(N(C)C)cc2)SC(SCC(C)C)=C1C#N. The van der Waals surface area contributed by atoms with Gasteiger partial charge in [0.15, 0.2) is 0 Å². The topological polar surface area (TPSA) is 39.4 Å². The molecule has 2 rings (SSSR count). The molecule has 0 radical (unpaired) electrons. The molecule has 1 aromatic carbocycles. The zero-order valence-corrected chi connectivity index (χ0v) is 16.0. The number of hydrogen-bond acceptors (Lipinski definition) is 5. The molecule has 1 aliphatic heterocycles. The van der Waals surface area contributed by atoms with Gasteiger partial charge in [-0.3, -0.25) is 4.99 Å². The summed E-state index contributed by atoms with van der Waals surface area (Å²) in [5.41, 5.74) is 3.94. The monoisotopic (exact) mass is 345 g/mol. The van der Waals surface area contributed by atoms with Gasteiger partial charge in [-0.05, 0) is 30.5 Å². The number of hydrogen-bond donors (Lipinski definition) is 0. The fourth-order valence-electron chi connectivity index (χ4n) is 2.13. The van der Waals surface area contributed by atoms with Crippen molar-refractivity contribution in [3.05, 3.63) is 39.6 Å². The van der Waals surface area contributed by atoms with Gasteiger partial charge in [0.05, 0.1) is 15.5 Å². The van der Waals surface area contributed by atoms with E-state index in [2.05, 4.69) is 49.1 Å². The highest BCUT2D eigenvalue weighted by molar-refractivity contribution is 8.22. The summed E-state index contributed by atoms with van der Waals surface area (Å²) in [5, 5.41) is 9.47. The van der Waals surface area contributed by atoms with E-state index >= 15 is 0 Å². The zero-order chi connectivity index (χ0) is 17.0. The van der Waals surface area contributed by atoms with E-state index in [-0.39, 0.29) is 5.37 Å². The Hall–Kier alpha value is -1.38. The first-order chi connectivity index (χ1) is 10.9. The van der Waals surface area contributed by atoms with Crippen LogP contribution >= 0.6 is 23.5 Å². The van der Waals surface area contributed by atoms with Crippen LogP contribution in [0, 0.1) is 17.2 Å². The van der Waals surface area contributed by atoms with Crippen molar-refractivity contribution >= 4 is 34.9 Å². The molecule has 0 amide bonds. The molecule has 1 heterocycles. The van der Waals surface area contributed by atoms with Gasteiger partial charge in [0.2, 0.25) is 0 Å². The Kier molecular flexibility index (Phi) is 6.20. The molecular weight excluding hydrogens is 322 g/mol. The molecule has 0 aliphatic carbocycles. The lowest BCUT2D eigenvalue weighted by molar-refractivity contribution is 0.751. The molecule has 0 N–H and O–H groups in total. The van der Waals surface area contributed by atoms with Gasteiger partial charge in [-0.1, -0.05) is 37.7 Å². The van der Waals surface area contributed by atoms with Crippen LogP contribution in [0.5, 0.6) is 0 Å². The smallest absolute Gasteiger partial charge is 0.126 e. The predicted molar refractivity (Wildman–Crippen MR) is 104 cm³/mol. The maximum Gasteiger partial charge on any atom is 0.126 e. The number of benzene rings is 1. The van der Waals surface area contributed by atoms with Crippen molar-refractivity contribution in [2.75, 3.05) is 24.7 Å². The minimum atomic E-state index is 0.0398. The van der Waals surface area contributed by atoms with E-state index in [1.54, 1.807) is 23.5 Å². The van der Waals surface area contributed by atoms with Crippen molar-refractivity contribution in [1.82, 2.24) is 0 Å². The second kappa shape index (κ2) is 7.94. The van der Waals surface area contributed by atoms with Crippen LogP contribution in [0.3, 0.4) is 0 Å². The fraction of sp³-hybridized carbons (Fsp3) is 0.444. The lowest BCUT2D eigenvalue weighted by atomic mass is 10.1. The second-order valence-corrected chi connectivity index (χ2v) is 8.53. The standard InChI is InChI=1S/C18H23N3S2/c1-12(2)11-22-18-16(10-19)13(3)20-17(23-18)14-6-8-15(9-7-14)21(4)5/h6-9,12,17H,11H2,1-5H3. The summed E-state index contributed by atoms with van der Waals surface area (Å²) in [4.78, 5) is 6.82. The van der Waals surface area contributed by atoms with Crippen LogP contribution < -0.4 is 4.90 Å². The minimum Gasteiger partial charge on any atom is -0.378 e. The number of rotatable bonds is 5. The van der Waals surface area contributed by atoms with Gasteiger partial charge in [0.25, 0.3) is 0 Å². The Morgan fingerprint density at radius 3 is 2.48 bits per heavy atom. The third-order valence-electron chi connectivity index (χ3n) is 3.45. The summed E-state index contributed by atoms with van der Waals surface area (Å²) >= 11 is 3.48. The lowest BCUT2D eigenvalue weighted by Crippen LogP contribution is -2.10. The number of nitriles is 1. The number of allylic oxidation sites excluding steroid dienone is 1. The van der Waals surface area contributed by atoms with Crippen molar-refractivity contribution < 1.29 is 0 Å². The lowest BCUT2D eigenvalue weighted by Gasteiger charge is -2.23. The Morgan fingerprint density at radius 2 is 1.96 bits per heavy atom. The van der Waals surface area contributed by atoms with E-state index < -0.39 is 0 Å². The Bertz CT molecular complexity index is 652. The number of aliphatic imine (C=N–C) groups is 1. The molecule has 5 heteroatoms. The molecule has 1 atom stereocenters. The molecule has 0 aromatic heterocycles. The fourth-order valence-corrected chi connectivity index (χ4v) is 4.72. The average molecular weight is 346 g/mol. The number of thioether (sulfide) groups is 2. The molecule has 0 fully saturated rings. The first-order valence-electron chi connectivity index (χ1n) is 7.68. The van der Waals surface area contributed by atoms with Crippen LogP contribution in [0.4, 0.5) is 5.69 Å². The molecule has 23 heavy (non-hydrogen) atoms. The van der Waals surface area contributed by atoms with Crippen molar-refractivity contribution in [3.63, 3.8) is 0 Å². The third-order valence-corrected chi connectivity index (χ3v) is 6.41. The van der Waals surface area contributed by atoms with E-state index in [1.165, 1.54) is 11.3 Å². The molecule has 3 nitrogen and oxygen atoms in total. The van der Waals surface area contributed by atoms with E-state index in [0.29, 0.717) is 5.92 Å². The molecule has 1 aliphatic rings. The van der Waals surface area contributed by atoms with Gasteiger partial charge >= 0.3 is 0 Å². The summed E-state index contributed by atoms with van der Waals surface area (Å²) < 4.78 is 1.11. The van der Waals surface area contributed by atoms with Crippen LogP contribution in [0.25, 0.3) is 0 Å². The summed E-state index contributed by atoms with van der Waals surface area (Å²) in [6.45, 7) is 6.34. The summed E-state index contributed by atoms with van der Waals surface area (Å²) in [7, 11) is 4.07. The zero-order valence-electron chi connectivity index (χ0n) is 14.3. The second-order valence-electron chi connectivity index (χ2n) is 6.15. The first-order valence-corrected chi connectivity index (χ1v) is 9.54. The van der Waals surface area contributed by atoms with Crippen molar-refractivity contribution in [2.45, 2.75) is 26.1 Å². The van der Waals surface area contributed by atoms with Gasteiger partial charge < -0.3 is 4.90 Å². The van der Waals surface area contributed by atoms with Crippen molar-refractivity contribution in [2.24, 2.45) is 10.9 Å². The molecule has 0 saturated carbocycles. The molecule has 0 bridgehead atoms. The highest BCUT2D eigenvalue weighted by atomic mass is 32.2. The summed E-state index contributed by atoms with van der Waals surface area (Å²) in [6.07, 6.45) is 0. The highest BCUT2D eigenvalue weighted by Crippen LogP contribution is 2.46. The molecule has 1 aromatic rings.